The highest BCUT2D eigenvalue weighted by molar-refractivity contribution is 6.31. The summed E-state index contributed by atoms with van der Waals surface area (Å²) in [5, 5.41) is 2.63. The number of carbonyl (C=O) groups excluding carboxylic acids is 1. The number of nitrogens with one attached hydrogen (secondary N) is 1. The topological polar surface area (TPSA) is 41.6 Å². The second kappa shape index (κ2) is 8.10. The Balaban J connectivity index is 1.69. The molecule has 0 aliphatic carbocycles. The summed E-state index contributed by atoms with van der Waals surface area (Å²) in [6.07, 6.45) is -2.73. The Morgan fingerprint density at radius 3 is 2.55 bits per heavy atom. The van der Waals surface area contributed by atoms with E-state index in [0.29, 0.717) is 18.7 Å². The Morgan fingerprint density at radius 2 is 1.93 bits per heavy atom. The molecule has 0 saturated carbocycles. The van der Waals surface area contributed by atoms with Crippen LogP contribution in [0.2, 0.25) is 5.02 Å². The van der Waals surface area contributed by atoms with Crippen LogP contribution in [0.3, 0.4) is 0 Å². The summed E-state index contributed by atoms with van der Waals surface area (Å²) in [6.45, 7) is 2.46. The molecule has 0 radical (unpaired) electrons. The van der Waals surface area contributed by atoms with E-state index in [-0.39, 0.29) is 16.8 Å². The van der Waals surface area contributed by atoms with Gasteiger partial charge in [0, 0.05) is 17.8 Å². The van der Waals surface area contributed by atoms with Gasteiger partial charge in [-0.2, -0.15) is 0 Å². The lowest BCUT2D eigenvalue weighted by atomic mass is 9.90. The average Bonchev–Trinajstić information content (AvgIpc) is 3.00. The van der Waals surface area contributed by atoms with Crippen molar-refractivity contribution in [3.8, 4) is 5.75 Å². The fourth-order valence-electron chi connectivity index (χ4n) is 3.57. The molecular weight excluding hydrogens is 412 g/mol. The van der Waals surface area contributed by atoms with Crippen LogP contribution in [0.25, 0.3) is 0 Å². The van der Waals surface area contributed by atoms with Gasteiger partial charge in [-0.1, -0.05) is 23.7 Å². The zero-order chi connectivity index (χ0) is 21.2. The summed E-state index contributed by atoms with van der Waals surface area (Å²) >= 11 is 5.75. The SMILES string of the molecule is CC1(Cc2ccc(OC(F)(F)F)cc2)CCCN1C(=O)Nc1ccc(F)c(Cl)c1. The Hall–Kier alpha value is -2.48. The second-order valence-corrected chi connectivity index (χ2v) is 7.59. The number of nitrogens with zero attached hydrogens (tertiary/aromatic N) is 1. The average molecular weight is 431 g/mol. The van der Waals surface area contributed by atoms with Crippen LogP contribution in [0.15, 0.2) is 42.5 Å². The first-order chi connectivity index (χ1) is 13.6. The third-order valence-corrected chi connectivity index (χ3v) is 5.20. The Bertz CT molecular complexity index is 889. The van der Waals surface area contributed by atoms with Crippen LogP contribution in [-0.4, -0.2) is 29.4 Å². The van der Waals surface area contributed by atoms with E-state index in [1.165, 1.54) is 30.3 Å². The zero-order valence-corrected chi connectivity index (χ0v) is 16.3. The molecule has 2 aromatic rings. The Labute approximate surface area is 170 Å². The molecule has 156 valence electrons. The van der Waals surface area contributed by atoms with Crippen LogP contribution >= 0.6 is 11.6 Å². The van der Waals surface area contributed by atoms with E-state index >= 15 is 0 Å². The normalized spacial score (nSPS) is 19.3. The molecule has 1 fully saturated rings. The molecular formula is C20H19ClF4N2O2. The van der Waals surface area contributed by atoms with Crippen LogP contribution in [0.1, 0.15) is 25.3 Å². The largest absolute Gasteiger partial charge is 0.573 e. The molecule has 1 N–H and O–H groups in total. The molecule has 3 rings (SSSR count). The number of alkyl halides is 3. The van der Waals surface area contributed by atoms with Gasteiger partial charge in [0.05, 0.1) is 5.02 Å². The molecule has 1 atom stereocenters. The van der Waals surface area contributed by atoms with Crippen molar-refractivity contribution in [2.75, 3.05) is 11.9 Å². The predicted molar refractivity (Wildman–Crippen MR) is 102 cm³/mol. The van der Waals surface area contributed by atoms with Gasteiger partial charge in [-0.3, -0.25) is 0 Å². The molecule has 1 heterocycles. The fraction of sp³-hybridized carbons (Fsp3) is 0.350. The third kappa shape index (κ3) is 5.32. The minimum absolute atomic E-state index is 0.0897. The number of carbonyl (C=O) groups is 1. The van der Waals surface area contributed by atoms with E-state index in [2.05, 4.69) is 10.1 Å². The maximum atomic E-state index is 13.3. The molecule has 4 nitrogen and oxygen atoms in total. The van der Waals surface area contributed by atoms with Crippen molar-refractivity contribution in [3.05, 3.63) is 58.9 Å². The van der Waals surface area contributed by atoms with Gasteiger partial charge < -0.3 is 15.0 Å². The van der Waals surface area contributed by atoms with Gasteiger partial charge in [0.2, 0.25) is 0 Å². The van der Waals surface area contributed by atoms with E-state index in [1.807, 2.05) is 6.92 Å². The van der Waals surface area contributed by atoms with Gasteiger partial charge in [0.1, 0.15) is 11.6 Å². The maximum Gasteiger partial charge on any atom is 0.573 e. The van der Waals surface area contributed by atoms with Gasteiger partial charge in [-0.05, 0) is 62.1 Å². The highest BCUT2D eigenvalue weighted by Gasteiger charge is 2.39. The van der Waals surface area contributed by atoms with Crippen LogP contribution in [0, 0.1) is 5.82 Å². The van der Waals surface area contributed by atoms with Crippen LogP contribution in [0.5, 0.6) is 5.75 Å². The summed E-state index contributed by atoms with van der Waals surface area (Å²) in [5.74, 6) is -0.866. The molecule has 1 aliphatic rings. The van der Waals surface area contributed by atoms with Crippen molar-refractivity contribution in [1.82, 2.24) is 4.90 Å². The lowest BCUT2D eigenvalue weighted by Crippen LogP contribution is -2.48. The highest BCUT2D eigenvalue weighted by Crippen LogP contribution is 2.34. The number of likely N-dealkylation sites (tertiary alicyclic amines) is 1. The minimum atomic E-state index is -4.74. The Kier molecular flexibility index (Phi) is 5.93. The van der Waals surface area contributed by atoms with Gasteiger partial charge in [-0.15, -0.1) is 13.2 Å². The Morgan fingerprint density at radius 1 is 1.24 bits per heavy atom. The molecule has 0 aromatic heterocycles. The number of ether oxygens (including phenoxy) is 1. The molecule has 1 saturated heterocycles. The number of anilines is 1. The van der Waals surface area contributed by atoms with Crippen molar-refractivity contribution < 1.29 is 27.1 Å². The van der Waals surface area contributed by atoms with E-state index in [1.54, 1.807) is 17.0 Å². The summed E-state index contributed by atoms with van der Waals surface area (Å²) in [5.41, 5.74) is 0.649. The molecule has 2 amide bonds. The summed E-state index contributed by atoms with van der Waals surface area (Å²) in [6, 6.07) is 9.21. The first-order valence-corrected chi connectivity index (χ1v) is 9.32. The van der Waals surface area contributed by atoms with Crippen molar-refractivity contribution >= 4 is 23.3 Å². The number of hydrogen-bond acceptors (Lipinski definition) is 2. The minimum Gasteiger partial charge on any atom is -0.406 e. The van der Waals surface area contributed by atoms with Crippen LogP contribution in [-0.2, 0) is 6.42 Å². The lowest BCUT2D eigenvalue weighted by molar-refractivity contribution is -0.274. The number of halogens is 5. The fourth-order valence-corrected chi connectivity index (χ4v) is 3.75. The third-order valence-electron chi connectivity index (χ3n) is 4.91. The summed E-state index contributed by atoms with van der Waals surface area (Å²) in [4.78, 5) is 14.4. The smallest absolute Gasteiger partial charge is 0.406 e. The highest BCUT2D eigenvalue weighted by atomic mass is 35.5. The second-order valence-electron chi connectivity index (χ2n) is 7.18. The van der Waals surface area contributed by atoms with E-state index in [9.17, 15) is 22.4 Å². The van der Waals surface area contributed by atoms with Gasteiger partial charge in [0.25, 0.3) is 0 Å². The van der Waals surface area contributed by atoms with Gasteiger partial charge >= 0.3 is 12.4 Å². The zero-order valence-electron chi connectivity index (χ0n) is 15.5. The molecule has 1 unspecified atom stereocenters. The number of hydrogen-bond donors (Lipinski definition) is 1. The monoisotopic (exact) mass is 430 g/mol. The van der Waals surface area contributed by atoms with Crippen LogP contribution < -0.4 is 10.1 Å². The summed E-state index contributed by atoms with van der Waals surface area (Å²) in [7, 11) is 0. The van der Waals surface area contributed by atoms with Crippen molar-refractivity contribution in [2.45, 2.75) is 38.1 Å². The van der Waals surface area contributed by atoms with E-state index in [0.717, 1.165) is 18.4 Å². The molecule has 29 heavy (non-hydrogen) atoms. The standard InChI is InChI=1S/C20H19ClF4N2O2/c1-19(12-13-3-6-15(7-4-13)29-20(23,24)25)9-2-10-27(19)18(28)26-14-5-8-17(22)16(21)11-14/h3-8,11H,2,9-10,12H2,1H3,(H,26,28). The quantitative estimate of drug-likeness (QED) is 0.604. The van der Waals surface area contributed by atoms with Crippen molar-refractivity contribution in [2.24, 2.45) is 0 Å². The molecule has 2 aromatic carbocycles. The van der Waals surface area contributed by atoms with E-state index < -0.39 is 17.7 Å². The van der Waals surface area contributed by atoms with Gasteiger partial charge in [-0.25, -0.2) is 9.18 Å². The first-order valence-electron chi connectivity index (χ1n) is 8.94. The van der Waals surface area contributed by atoms with E-state index in [4.69, 9.17) is 11.6 Å². The number of amides is 2. The molecule has 9 heteroatoms. The summed E-state index contributed by atoms with van der Waals surface area (Å²) < 4.78 is 54.1. The van der Waals surface area contributed by atoms with Crippen molar-refractivity contribution in [3.63, 3.8) is 0 Å². The van der Waals surface area contributed by atoms with Crippen LogP contribution in [0.4, 0.5) is 28.0 Å². The number of benzene rings is 2. The molecule has 0 spiro atoms. The van der Waals surface area contributed by atoms with Crippen molar-refractivity contribution in [1.29, 1.82) is 0 Å². The molecule has 1 aliphatic heterocycles. The first kappa shape index (κ1) is 21.2. The predicted octanol–water partition coefficient (Wildman–Crippen LogP) is 6.01. The number of urea groups is 1. The van der Waals surface area contributed by atoms with Gasteiger partial charge in [0.15, 0.2) is 0 Å². The lowest BCUT2D eigenvalue weighted by Gasteiger charge is -2.35. The molecule has 0 bridgehead atoms. The maximum absolute atomic E-state index is 13.3. The number of rotatable bonds is 4.